The largest absolute Gasteiger partial charge is 0.490 e. The molecule has 3 atom stereocenters. The van der Waals surface area contributed by atoms with Gasteiger partial charge in [-0.1, -0.05) is 24.3 Å². The first-order valence-electron chi connectivity index (χ1n) is 9.53. The minimum Gasteiger partial charge on any atom is -0.475 e. The van der Waals surface area contributed by atoms with Gasteiger partial charge in [0.25, 0.3) is 0 Å². The Morgan fingerprint density at radius 2 is 2.00 bits per heavy atom. The third-order valence-corrected chi connectivity index (χ3v) is 5.35. The number of halogens is 3. The van der Waals surface area contributed by atoms with Crippen molar-refractivity contribution >= 4 is 5.97 Å². The minimum atomic E-state index is -5.08. The number of nitrogens with zero attached hydrogens (tertiary/aromatic N) is 3. The Morgan fingerprint density at radius 1 is 1.28 bits per heavy atom. The van der Waals surface area contributed by atoms with Crippen LogP contribution in [0, 0.1) is 11.3 Å². The molecule has 1 aromatic carbocycles. The zero-order valence-electron chi connectivity index (χ0n) is 15.7. The number of carboxylic acids is 1. The lowest BCUT2D eigenvalue weighted by Crippen LogP contribution is -2.49. The first kappa shape index (κ1) is 21.5. The Labute approximate surface area is 166 Å². The Balaban J connectivity index is 0.000000298. The van der Waals surface area contributed by atoms with E-state index in [4.69, 9.17) is 14.7 Å². The number of hydrogen-bond acceptors (Lipinski definition) is 6. The third-order valence-electron chi connectivity index (χ3n) is 5.35. The fourth-order valence-electron chi connectivity index (χ4n) is 3.99. The topological polar surface area (TPSA) is 88.8 Å². The summed E-state index contributed by atoms with van der Waals surface area (Å²) in [6.45, 7) is 1.60. The van der Waals surface area contributed by atoms with E-state index in [0.717, 1.165) is 32.2 Å². The lowest BCUT2D eigenvalue weighted by Gasteiger charge is -2.32. The molecule has 2 N–H and O–H groups in total. The Hall–Kier alpha value is -2.19. The lowest BCUT2D eigenvalue weighted by atomic mass is 9.88. The van der Waals surface area contributed by atoms with Gasteiger partial charge in [-0.05, 0) is 43.2 Å². The zero-order chi connectivity index (χ0) is 21.0. The number of carboxylic acid groups (broad SMARTS) is 1. The van der Waals surface area contributed by atoms with E-state index in [1.54, 1.807) is 0 Å². The second-order valence-corrected chi connectivity index (χ2v) is 7.20. The van der Waals surface area contributed by atoms with E-state index in [1.165, 1.54) is 17.5 Å². The van der Waals surface area contributed by atoms with E-state index < -0.39 is 12.1 Å². The van der Waals surface area contributed by atoms with E-state index in [2.05, 4.69) is 40.7 Å². The van der Waals surface area contributed by atoms with Crippen molar-refractivity contribution in [2.45, 2.75) is 56.5 Å². The molecule has 1 aromatic rings. The molecule has 4 rings (SSSR count). The van der Waals surface area contributed by atoms with Crippen LogP contribution in [-0.4, -0.2) is 52.7 Å². The molecule has 3 aliphatic rings. The average Bonchev–Trinajstić information content (AvgIpc) is 3.36. The van der Waals surface area contributed by atoms with Gasteiger partial charge >= 0.3 is 12.1 Å². The van der Waals surface area contributed by atoms with Gasteiger partial charge in [-0.25, -0.2) is 10.2 Å². The quantitative estimate of drug-likeness (QED) is 0.772. The monoisotopic (exact) mass is 412 g/mol. The van der Waals surface area contributed by atoms with Crippen LogP contribution in [0.3, 0.4) is 0 Å². The van der Waals surface area contributed by atoms with Crippen molar-refractivity contribution in [3.63, 3.8) is 0 Å². The fraction of sp³-hybridized carbons (Fsp3) is 0.579. The number of rotatable bonds is 2. The number of benzene rings is 1. The SMILES string of the molecule is N#CC1CCCN1C1CON(C2CCCc3ccccc32)N1.O=C(O)C(F)(F)F. The van der Waals surface area contributed by atoms with Crippen LogP contribution in [0.1, 0.15) is 42.9 Å². The summed E-state index contributed by atoms with van der Waals surface area (Å²) in [6.07, 6.45) is 0.578. The molecule has 0 radical (unpaired) electrons. The van der Waals surface area contributed by atoms with Gasteiger partial charge in [0.05, 0.1) is 18.2 Å². The number of hydrazine groups is 1. The zero-order valence-corrected chi connectivity index (χ0v) is 15.7. The van der Waals surface area contributed by atoms with Gasteiger partial charge < -0.3 is 5.11 Å². The molecular weight excluding hydrogens is 389 g/mol. The van der Waals surface area contributed by atoms with Gasteiger partial charge in [0.2, 0.25) is 0 Å². The maximum atomic E-state index is 10.6. The highest BCUT2D eigenvalue weighted by Crippen LogP contribution is 2.35. The maximum Gasteiger partial charge on any atom is 0.490 e. The molecule has 2 saturated heterocycles. The van der Waals surface area contributed by atoms with Gasteiger partial charge in [0.15, 0.2) is 0 Å². The number of aliphatic carboxylic acids is 1. The number of hydrogen-bond donors (Lipinski definition) is 2. The first-order valence-corrected chi connectivity index (χ1v) is 9.53. The number of likely N-dealkylation sites (tertiary alicyclic amines) is 1. The van der Waals surface area contributed by atoms with Crippen molar-refractivity contribution in [2.24, 2.45) is 0 Å². The first-order chi connectivity index (χ1) is 13.8. The van der Waals surface area contributed by atoms with Gasteiger partial charge in [0, 0.05) is 6.54 Å². The van der Waals surface area contributed by atoms with Crippen molar-refractivity contribution < 1.29 is 27.9 Å². The molecule has 7 nitrogen and oxygen atoms in total. The van der Waals surface area contributed by atoms with Crippen molar-refractivity contribution in [3.05, 3.63) is 35.4 Å². The number of fused-ring (bicyclic) bond motifs is 1. The molecule has 0 bridgehead atoms. The van der Waals surface area contributed by atoms with E-state index in [9.17, 15) is 18.4 Å². The molecule has 0 spiro atoms. The molecule has 1 aliphatic carbocycles. The molecular formula is C19H23F3N4O3. The average molecular weight is 412 g/mol. The van der Waals surface area contributed by atoms with Crippen LogP contribution in [0.15, 0.2) is 24.3 Å². The number of nitrogens with one attached hydrogen (secondary N) is 1. The van der Waals surface area contributed by atoms with Crippen molar-refractivity contribution in [2.75, 3.05) is 13.2 Å². The molecule has 2 heterocycles. The molecule has 0 amide bonds. The molecule has 29 heavy (non-hydrogen) atoms. The summed E-state index contributed by atoms with van der Waals surface area (Å²) in [7, 11) is 0. The second-order valence-electron chi connectivity index (χ2n) is 7.20. The molecule has 3 unspecified atom stereocenters. The summed E-state index contributed by atoms with van der Waals surface area (Å²) in [6, 6.07) is 11.4. The van der Waals surface area contributed by atoms with E-state index in [-0.39, 0.29) is 18.2 Å². The van der Waals surface area contributed by atoms with Gasteiger partial charge in [0.1, 0.15) is 12.8 Å². The summed E-state index contributed by atoms with van der Waals surface area (Å²) in [5, 5.41) is 18.3. The van der Waals surface area contributed by atoms with Crippen LogP contribution >= 0.6 is 0 Å². The number of hydroxylamine groups is 1. The number of aryl methyl sites for hydroxylation is 1. The van der Waals surface area contributed by atoms with Crippen LogP contribution in [-0.2, 0) is 16.1 Å². The van der Waals surface area contributed by atoms with Gasteiger partial charge in [-0.3, -0.25) is 9.74 Å². The van der Waals surface area contributed by atoms with E-state index >= 15 is 0 Å². The highest BCUT2D eigenvalue weighted by Gasteiger charge is 2.39. The fourth-order valence-corrected chi connectivity index (χ4v) is 3.99. The second kappa shape index (κ2) is 9.09. The summed E-state index contributed by atoms with van der Waals surface area (Å²) >= 11 is 0. The minimum absolute atomic E-state index is 0.0275. The predicted octanol–water partition coefficient (Wildman–Crippen LogP) is 2.76. The Kier molecular flexibility index (Phi) is 6.74. The lowest BCUT2D eigenvalue weighted by molar-refractivity contribution is -0.192. The molecule has 2 aliphatic heterocycles. The van der Waals surface area contributed by atoms with Crippen molar-refractivity contribution in [1.82, 2.24) is 15.5 Å². The van der Waals surface area contributed by atoms with E-state index in [0.29, 0.717) is 6.61 Å². The van der Waals surface area contributed by atoms with Gasteiger partial charge in [-0.15, -0.1) is 5.17 Å². The van der Waals surface area contributed by atoms with Gasteiger partial charge in [-0.2, -0.15) is 18.4 Å². The summed E-state index contributed by atoms with van der Waals surface area (Å²) in [5.74, 6) is -2.76. The Morgan fingerprint density at radius 3 is 2.69 bits per heavy atom. The number of carbonyl (C=O) groups is 1. The molecule has 0 aromatic heterocycles. The van der Waals surface area contributed by atoms with Crippen molar-refractivity contribution in [3.8, 4) is 6.07 Å². The number of nitriles is 1. The maximum absolute atomic E-state index is 10.6. The summed E-state index contributed by atoms with van der Waals surface area (Å²) < 4.78 is 31.7. The number of alkyl halides is 3. The molecule has 10 heteroatoms. The highest BCUT2D eigenvalue weighted by molar-refractivity contribution is 5.73. The normalized spacial score (nSPS) is 27.6. The summed E-state index contributed by atoms with van der Waals surface area (Å²) in [5.41, 5.74) is 6.30. The smallest absolute Gasteiger partial charge is 0.475 e. The standard InChI is InChI=1S/C17H22N4O.C2HF3O2/c18-11-14-7-4-10-20(14)17-12-22-21(19-17)16-9-3-6-13-5-1-2-8-15(13)16;3-2(4,5)1(6)7/h1-2,5,8,14,16-17,19H,3-4,6-7,9-10,12H2;(H,6,7). The Bertz CT molecular complexity index is 768. The van der Waals surface area contributed by atoms with Crippen LogP contribution in [0.25, 0.3) is 0 Å². The van der Waals surface area contributed by atoms with Crippen LogP contribution in [0.2, 0.25) is 0 Å². The van der Waals surface area contributed by atoms with Crippen LogP contribution < -0.4 is 5.43 Å². The highest BCUT2D eigenvalue weighted by atomic mass is 19.4. The van der Waals surface area contributed by atoms with Crippen LogP contribution in [0.5, 0.6) is 0 Å². The summed E-state index contributed by atoms with van der Waals surface area (Å²) in [4.78, 5) is 17.1. The predicted molar refractivity (Wildman–Crippen MR) is 95.9 cm³/mol. The van der Waals surface area contributed by atoms with E-state index in [1.807, 2.05) is 5.17 Å². The molecule has 2 fully saturated rings. The van der Waals surface area contributed by atoms with Crippen LogP contribution in [0.4, 0.5) is 13.2 Å². The molecule has 158 valence electrons. The molecule has 0 saturated carbocycles. The van der Waals surface area contributed by atoms with Crippen molar-refractivity contribution in [1.29, 1.82) is 5.26 Å². The third kappa shape index (κ3) is 5.05.